The number of rotatable bonds is 5. The van der Waals surface area contributed by atoms with Crippen molar-refractivity contribution in [3.8, 4) is 0 Å². The van der Waals surface area contributed by atoms with E-state index in [1.54, 1.807) is 0 Å². The predicted octanol–water partition coefficient (Wildman–Crippen LogP) is 4.31. The molecule has 0 saturated heterocycles. The van der Waals surface area contributed by atoms with E-state index in [4.69, 9.17) is 5.11 Å². The lowest BCUT2D eigenvalue weighted by Crippen LogP contribution is -2.07. The number of aromatic nitrogens is 2. The maximum atomic E-state index is 13.9. The van der Waals surface area contributed by atoms with Gasteiger partial charge in [0.25, 0.3) is 0 Å². The fourth-order valence-electron chi connectivity index (χ4n) is 2.78. The van der Waals surface area contributed by atoms with Gasteiger partial charge in [0, 0.05) is 23.6 Å². The van der Waals surface area contributed by atoms with Crippen molar-refractivity contribution in [2.24, 2.45) is 0 Å². The van der Waals surface area contributed by atoms with Gasteiger partial charge in [-0.1, -0.05) is 12.1 Å². The fourth-order valence-corrected chi connectivity index (χ4v) is 2.78. The standard InChI is InChI=1S/C18H15F5N2O/c19-13-5-3-11(15(20)9-13)10-25-17-8-12(18(21,22)23)4-6-14(17)16(24-25)2-1-7-26/h3-6,8-9,26H,1-2,7,10H2. The van der Waals surface area contributed by atoms with Crippen LogP contribution in [0, 0.1) is 11.6 Å². The van der Waals surface area contributed by atoms with Gasteiger partial charge in [-0.05, 0) is 31.0 Å². The lowest BCUT2D eigenvalue weighted by Gasteiger charge is -2.09. The first kappa shape index (κ1) is 18.3. The summed E-state index contributed by atoms with van der Waals surface area (Å²) in [4.78, 5) is 0. The predicted molar refractivity (Wildman–Crippen MR) is 85.6 cm³/mol. The molecule has 0 aliphatic rings. The normalized spacial score (nSPS) is 12.1. The van der Waals surface area contributed by atoms with Crippen molar-refractivity contribution in [1.29, 1.82) is 0 Å². The number of halogens is 5. The molecule has 1 aromatic heterocycles. The van der Waals surface area contributed by atoms with Gasteiger partial charge in [-0.15, -0.1) is 0 Å². The highest BCUT2D eigenvalue weighted by molar-refractivity contribution is 5.83. The molecule has 0 amide bonds. The van der Waals surface area contributed by atoms with Crippen molar-refractivity contribution >= 4 is 10.9 Å². The molecule has 0 unspecified atom stereocenters. The molecule has 138 valence electrons. The molecule has 0 atom stereocenters. The Balaban J connectivity index is 2.09. The molecule has 8 heteroatoms. The minimum Gasteiger partial charge on any atom is -0.396 e. The van der Waals surface area contributed by atoms with E-state index < -0.39 is 23.4 Å². The molecule has 1 heterocycles. The molecule has 0 saturated carbocycles. The Bertz CT molecular complexity index is 933. The molecule has 0 aliphatic heterocycles. The number of hydrogen-bond acceptors (Lipinski definition) is 2. The molecule has 0 fully saturated rings. The molecule has 0 bridgehead atoms. The number of benzene rings is 2. The first-order valence-electron chi connectivity index (χ1n) is 7.91. The molecular formula is C18H15F5N2O. The Hall–Kier alpha value is -2.48. The summed E-state index contributed by atoms with van der Waals surface area (Å²) in [6, 6.07) is 6.29. The highest BCUT2D eigenvalue weighted by atomic mass is 19.4. The first-order chi connectivity index (χ1) is 12.3. The molecule has 0 radical (unpaired) electrons. The van der Waals surface area contributed by atoms with E-state index in [0.29, 0.717) is 23.9 Å². The fraction of sp³-hybridized carbons (Fsp3) is 0.278. The van der Waals surface area contributed by atoms with Crippen LogP contribution in [0.4, 0.5) is 22.0 Å². The number of aryl methyl sites for hydroxylation is 1. The van der Waals surface area contributed by atoms with E-state index in [9.17, 15) is 22.0 Å². The summed E-state index contributed by atoms with van der Waals surface area (Å²) >= 11 is 0. The van der Waals surface area contributed by atoms with Crippen molar-refractivity contribution < 1.29 is 27.1 Å². The summed E-state index contributed by atoms with van der Waals surface area (Å²) in [7, 11) is 0. The topological polar surface area (TPSA) is 38.1 Å². The third-order valence-corrected chi connectivity index (χ3v) is 4.06. The van der Waals surface area contributed by atoms with Crippen LogP contribution in [0.15, 0.2) is 36.4 Å². The van der Waals surface area contributed by atoms with E-state index in [2.05, 4.69) is 5.10 Å². The first-order valence-corrected chi connectivity index (χ1v) is 7.91. The molecule has 0 spiro atoms. The smallest absolute Gasteiger partial charge is 0.396 e. The van der Waals surface area contributed by atoms with E-state index in [0.717, 1.165) is 24.3 Å². The zero-order valence-corrected chi connectivity index (χ0v) is 13.5. The zero-order valence-electron chi connectivity index (χ0n) is 13.5. The van der Waals surface area contributed by atoms with Gasteiger partial charge in [-0.3, -0.25) is 4.68 Å². The van der Waals surface area contributed by atoms with E-state index >= 15 is 0 Å². The van der Waals surface area contributed by atoms with Crippen LogP contribution < -0.4 is 0 Å². The van der Waals surface area contributed by atoms with Crippen LogP contribution in [0.3, 0.4) is 0 Å². The summed E-state index contributed by atoms with van der Waals surface area (Å²) < 4.78 is 67.3. The van der Waals surface area contributed by atoms with Crippen LogP contribution >= 0.6 is 0 Å². The Morgan fingerprint density at radius 2 is 1.81 bits per heavy atom. The van der Waals surface area contributed by atoms with Crippen molar-refractivity contribution in [3.05, 3.63) is 64.9 Å². The summed E-state index contributed by atoms with van der Waals surface area (Å²) in [6.07, 6.45) is -3.75. The number of aliphatic hydroxyl groups excluding tert-OH is 1. The van der Waals surface area contributed by atoms with Gasteiger partial charge in [0.15, 0.2) is 0 Å². The van der Waals surface area contributed by atoms with Crippen LogP contribution in [0.5, 0.6) is 0 Å². The number of fused-ring (bicyclic) bond motifs is 1. The second-order valence-corrected chi connectivity index (χ2v) is 5.90. The highest BCUT2D eigenvalue weighted by Gasteiger charge is 2.31. The molecule has 0 aliphatic carbocycles. The Labute approximate surface area is 145 Å². The Morgan fingerprint density at radius 1 is 1.04 bits per heavy atom. The summed E-state index contributed by atoms with van der Waals surface area (Å²) in [5, 5.41) is 13.8. The van der Waals surface area contributed by atoms with Gasteiger partial charge in [-0.25, -0.2) is 8.78 Å². The third-order valence-electron chi connectivity index (χ3n) is 4.06. The maximum Gasteiger partial charge on any atom is 0.416 e. The van der Waals surface area contributed by atoms with Crippen molar-refractivity contribution in [1.82, 2.24) is 9.78 Å². The Morgan fingerprint density at radius 3 is 2.46 bits per heavy atom. The van der Waals surface area contributed by atoms with Crippen molar-refractivity contribution in [2.45, 2.75) is 25.6 Å². The maximum absolute atomic E-state index is 13.9. The molecule has 3 nitrogen and oxygen atoms in total. The molecule has 1 N–H and O–H groups in total. The number of aliphatic hydroxyl groups is 1. The molecule has 3 aromatic rings. The Kier molecular flexibility index (Phi) is 4.95. The van der Waals surface area contributed by atoms with E-state index in [1.807, 2.05) is 0 Å². The number of hydrogen-bond donors (Lipinski definition) is 1. The SMILES string of the molecule is OCCCc1nn(Cc2ccc(F)cc2F)c2cc(C(F)(F)F)ccc12. The minimum atomic E-state index is -4.52. The van der Waals surface area contributed by atoms with Gasteiger partial charge in [-0.2, -0.15) is 18.3 Å². The molecule has 2 aromatic carbocycles. The highest BCUT2D eigenvalue weighted by Crippen LogP contribution is 2.32. The van der Waals surface area contributed by atoms with Gasteiger partial charge in [0.1, 0.15) is 11.6 Å². The summed E-state index contributed by atoms with van der Waals surface area (Å²) in [6.45, 7) is -0.218. The second-order valence-electron chi connectivity index (χ2n) is 5.90. The van der Waals surface area contributed by atoms with Crippen LogP contribution in [-0.2, 0) is 19.1 Å². The summed E-state index contributed by atoms with van der Waals surface area (Å²) in [5.41, 5.74) is 0.00291. The van der Waals surface area contributed by atoms with Gasteiger partial charge in [0.05, 0.1) is 23.3 Å². The van der Waals surface area contributed by atoms with Crippen molar-refractivity contribution in [2.75, 3.05) is 6.61 Å². The molecular weight excluding hydrogens is 355 g/mol. The third kappa shape index (κ3) is 3.70. The van der Waals surface area contributed by atoms with Crippen molar-refractivity contribution in [3.63, 3.8) is 0 Å². The molecule has 3 rings (SSSR count). The lowest BCUT2D eigenvalue weighted by atomic mass is 10.1. The van der Waals surface area contributed by atoms with Gasteiger partial charge >= 0.3 is 6.18 Å². The number of alkyl halides is 3. The van der Waals surface area contributed by atoms with Crippen LogP contribution in [0.25, 0.3) is 10.9 Å². The summed E-state index contributed by atoms with van der Waals surface area (Å²) in [5.74, 6) is -1.53. The second kappa shape index (κ2) is 7.03. The van der Waals surface area contributed by atoms with Gasteiger partial charge < -0.3 is 5.11 Å². The van der Waals surface area contributed by atoms with Gasteiger partial charge in [0.2, 0.25) is 0 Å². The quantitative estimate of drug-likeness (QED) is 0.680. The lowest BCUT2D eigenvalue weighted by molar-refractivity contribution is -0.137. The monoisotopic (exact) mass is 370 g/mol. The van der Waals surface area contributed by atoms with E-state index in [-0.39, 0.29) is 24.2 Å². The number of nitrogens with zero attached hydrogens (tertiary/aromatic N) is 2. The largest absolute Gasteiger partial charge is 0.416 e. The average molecular weight is 370 g/mol. The van der Waals surface area contributed by atoms with Crippen LogP contribution in [-0.4, -0.2) is 21.5 Å². The minimum absolute atomic E-state index is 0.0818. The average Bonchev–Trinajstić information content (AvgIpc) is 2.92. The molecule has 26 heavy (non-hydrogen) atoms. The van der Waals surface area contributed by atoms with Crippen LogP contribution in [0.1, 0.15) is 23.2 Å². The van der Waals surface area contributed by atoms with E-state index in [1.165, 1.54) is 16.8 Å². The zero-order chi connectivity index (χ0) is 18.9. The van der Waals surface area contributed by atoms with Crippen LogP contribution in [0.2, 0.25) is 0 Å².